The molecule has 0 N–H and O–H groups in total. The molecule has 0 unspecified atom stereocenters. The third-order valence-corrected chi connectivity index (χ3v) is 0. The number of halogens is 2. The van der Waals surface area contributed by atoms with Gasteiger partial charge in [-0.05, 0) is 0 Å². The Labute approximate surface area is 99.2 Å². The third kappa shape index (κ3) is 304. The van der Waals surface area contributed by atoms with Crippen LogP contribution in [0.15, 0.2) is 25.3 Å². The van der Waals surface area contributed by atoms with Crippen molar-refractivity contribution < 1.29 is 34.4 Å². The maximum absolute atomic E-state index is 3.25. The Hall–Kier alpha value is 1.50. The molecule has 0 aliphatic heterocycles. The molecule has 0 aromatic heterocycles. The Morgan fingerprint density at radius 3 is 0.900 bits per heavy atom. The van der Waals surface area contributed by atoms with Crippen LogP contribution in [0.25, 0.3) is 0 Å². The summed E-state index contributed by atoms with van der Waals surface area (Å²) in [6, 6.07) is 0. The molecule has 10 heavy (non-hydrogen) atoms. The maximum atomic E-state index is 3.25. The van der Waals surface area contributed by atoms with E-state index >= 15 is 0 Å². The van der Waals surface area contributed by atoms with Crippen LogP contribution in [0.3, 0.4) is 0 Å². The molecule has 0 aromatic rings. The molecular formula is C6H10Br2Pd2. The topological polar surface area (TPSA) is 0 Å². The van der Waals surface area contributed by atoms with Crippen LogP contribution < -0.4 is 0 Å². The predicted molar refractivity (Wildman–Crippen MR) is 49.0 cm³/mol. The summed E-state index contributed by atoms with van der Waals surface area (Å²) >= 11 is 10.7. The average Bonchev–Trinajstić information content (AvgIpc) is 1.99. The first kappa shape index (κ1) is 22.5. The van der Waals surface area contributed by atoms with Crippen LogP contribution in [0.5, 0.6) is 0 Å². The molecule has 0 fully saturated rings. The standard InChI is InChI=1S/2C3H5.2BrH.2Pd/c2*1-3-2;;;;/h2*3H,1-2H2;2*1H;;/q2*-1;;;2*+2/p-2. The van der Waals surface area contributed by atoms with E-state index in [2.05, 4.69) is 88.2 Å². The summed E-state index contributed by atoms with van der Waals surface area (Å²) in [5.74, 6) is 0. The molecule has 0 aromatic carbocycles. The summed E-state index contributed by atoms with van der Waals surface area (Å²) in [6.45, 7) is 13.0. The van der Waals surface area contributed by atoms with Gasteiger partial charge in [0.25, 0.3) is 0 Å². The molecule has 4 heteroatoms. The van der Waals surface area contributed by atoms with Gasteiger partial charge in [-0.2, -0.15) is 0 Å². The normalized spacial score (nSPS) is 3.80. The van der Waals surface area contributed by atoms with E-state index in [0.29, 0.717) is 0 Å². The van der Waals surface area contributed by atoms with Crippen LogP contribution in [0.2, 0.25) is 0 Å². The Kier molecular flexibility index (Phi) is 174. The second-order valence-electron chi connectivity index (χ2n) is 0.577. The third-order valence-electron chi connectivity index (χ3n) is 0. The molecule has 0 atom stereocenters. The second-order valence-corrected chi connectivity index (χ2v) is 0.577. The van der Waals surface area contributed by atoms with Gasteiger partial charge in [0.15, 0.2) is 0 Å². The van der Waals surface area contributed by atoms with Gasteiger partial charge in [-0.1, -0.05) is 0 Å². The molecule has 0 nitrogen and oxygen atoms in total. The summed E-state index contributed by atoms with van der Waals surface area (Å²) < 4.78 is 0. The van der Waals surface area contributed by atoms with E-state index in [9.17, 15) is 0 Å². The Morgan fingerprint density at radius 2 is 0.900 bits per heavy atom. The van der Waals surface area contributed by atoms with Gasteiger partial charge in [0.2, 0.25) is 0 Å². The monoisotopic (exact) mass is 452 g/mol. The average molecular weight is 455 g/mol. The predicted octanol–water partition coefficient (Wildman–Crippen LogP) is 3.70. The molecule has 0 aliphatic carbocycles. The van der Waals surface area contributed by atoms with Crippen LogP contribution >= 0.6 is 26.9 Å². The van der Waals surface area contributed by atoms with Crippen molar-refractivity contribution >= 4 is 26.9 Å². The van der Waals surface area contributed by atoms with Crippen LogP contribution in [-0.4, -0.2) is 0 Å². The van der Waals surface area contributed by atoms with E-state index in [0.717, 1.165) is 0 Å². The van der Waals surface area contributed by atoms with E-state index in [-0.39, 0.29) is 0 Å². The van der Waals surface area contributed by atoms with Crippen LogP contribution in [0, 0.1) is 13.8 Å². The molecular weight excluding hydrogens is 445 g/mol. The van der Waals surface area contributed by atoms with Crippen molar-refractivity contribution in [1.29, 1.82) is 0 Å². The molecule has 0 bridgehead atoms. The van der Waals surface area contributed by atoms with Crippen molar-refractivity contribution in [3.8, 4) is 0 Å². The summed E-state index contributed by atoms with van der Waals surface area (Å²) in [6.07, 6.45) is 3.00. The van der Waals surface area contributed by atoms with Gasteiger partial charge in [-0.25, -0.2) is 39.2 Å². The number of hydrogen-bond donors (Lipinski definition) is 0. The van der Waals surface area contributed by atoms with E-state index in [1.807, 2.05) is 0 Å². The molecule has 68 valence electrons. The zero-order chi connectivity index (χ0) is 9.41. The first-order chi connectivity index (χ1) is 4.83. The first-order valence-electron chi connectivity index (χ1n) is 1.87. The first-order valence-corrected chi connectivity index (χ1v) is 8.98. The molecule has 0 saturated heterocycles. The fourth-order valence-corrected chi connectivity index (χ4v) is 0. The Balaban J connectivity index is -0.0000000246. The molecule has 0 saturated carbocycles. The summed E-state index contributed by atoms with van der Waals surface area (Å²) in [5, 5.41) is 0. The summed E-state index contributed by atoms with van der Waals surface area (Å²) in [5.41, 5.74) is 0. The van der Waals surface area contributed by atoms with Gasteiger partial charge in [0, 0.05) is 0 Å². The Morgan fingerprint density at radius 1 is 0.900 bits per heavy atom. The fraction of sp³-hybridized carbons (Fsp3) is 0. The zero-order valence-corrected chi connectivity index (χ0v) is 11.7. The molecule has 0 radical (unpaired) electrons. The molecule has 0 aliphatic rings. The second kappa shape index (κ2) is 77.3. The van der Waals surface area contributed by atoms with Crippen LogP contribution in [0.4, 0.5) is 0 Å². The van der Waals surface area contributed by atoms with E-state index in [1.165, 1.54) is 12.2 Å². The molecule has 0 spiro atoms. The van der Waals surface area contributed by atoms with Crippen molar-refractivity contribution in [3.05, 3.63) is 39.2 Å². The summed E-state index contributed by atoms with van der Waals surface area (Å²) in [7, 11) is 0. The van der Waals surface area contributed by atoms with Crippen molar-refractivity contribution in [2.24, 2.45) is 0 Å². The summed E-state index contributed by atoms with van der Waals surface area (Å²) in [4.78, 5) is 0. The van der Waals surface area contributed by atoms with Crippen LogP contribution in [-0.2, 0) is 34.4 Å². The van der Waals surface area contributed by atoms with Crippen LogP contribution in [0.1, 0.15) is 0 Å². The van der Waals surface area contributed by atoms with E-state index in [4.69, 9.17) is 0 Å². The number of rotatable bonds is 0. The van der Waals surface area contributed by atoms with E-state index < -0.39 is 0 Å². The fourth-order valence-electron chi connectivity index (χ4n) is 0. The van der Waals surface area contributed by atoms with Gasteiger partial charge in [0.05, 0.1) is 0 Å². The van der Waals surface area contributed by atoms with Gasteiger partial charge >= 0.3 is 61.2 Å². The number of allylic oxidation sites excluding steroid dienone is 2. The zero-order valence-electron chi connectivity index (χ0n) is 5.37. The molecule has 0 amide bonds. The van der Waals surface area contributed by atoms with Crippen molar-refractivity contribution in [2.45, 2.75) is 0 Å². The van der Waals surface area contributed by atoms with Crippen molar-refractivity contribution in [3.63, 3.8) is 0 Å². The van der Waals surface area contributed by atoms with Crippen molar-refractivity contribution in [2.75, 3.05) is 0 Å². The molecule has 0 rings (SSSR count). The van der Waals surface area contributed by atoms with Crippen molar-refractivity contribution in [1.82, 2.24) is 0 Å². The quantitative estimate of drug-likeness (QED) is 0.387. The number of hydrogen-bond acceptors (Lipinski definition) is 0. The Bertz CT molecular complexity index is 34.7. The minimum atomic E-state index is 1.50. The minimum absolute atomic E-state index is 1.50. The van der Waals surface area contributed by atoms with E-state index in [1.54, 1.807) is 0 Å². The van der Waals surface area contributed by atoms with Gasteiger partial charge in [-0.3, -0.25) is 0 Å². The SMILES string of the molecule is C=C[CH2-].C=C[CH2-].[Br][Pd+].[Br][Pd+]. The van der Waals surface area contributed by atoms with Gasteiger partial charge < -0.3 is 0 Å². The van der Waals surface area contributed by atoms with Gasteiger partial charge in [0.1, 0.15) is 0 Å². The molecule has 0 heterocycles. The van der Waals surface area contributed by atoms with Gasteiger partial charge in [-0.15, -0.1) is 0 Å².